The molecular formula is C28H38F3NO5. The first-order chi connectivity index (χ1) is 17.7. The Hall–Kier alpha value is -1.84. The van der Waals surface area contributed by atoms with E-state index in [-0.39, 0.29) is 17.6 Å². The van der Waals surface area contributed by atoms with Crippen LogP contribution < -0.4 is 4.74 Å². The van der Waals surface area contributed by atoms with Crippen LogP contribution in [0.1, 0.15) is 67.8 Å². The maximum atomic E-state index is 13.8. The van der Waals surface area contributed by atoms with Gasteiger partial charge in [0.05, 0.1) is 30.9 Å². The molecule has 4 saturated carbocycles. The average Bonchev–Trinajstić information content (AvgIpc) is 2.85. The molecule has 4 bridgehead atoms. The third-order valence-electron chi connectivity index (χ3n) is 8.60. The molecule has 1 aliphatic heterocycles. The van der Waals surface area contributed by atoms with E-state index >= 15 is 0 Å². The summed E-state index contributed by atoms with van der Waals surface area (Å²) in [4.78, 5) is 14.7. The number of carbonyl (C=O) groups excluding carboxylic acids is 1. The molecule has 1 aromatic carbocycles. The van der Waals surface area contributed by atoms with Gasteiger partial charge >= 0.3 is 12.1 Å². The van der Waals surface area contributed by atoms with E-state index < -0.39 is 29.7 Å². The summed E-state index contributed by atoms with van der Waals surface area (Å²) in [6.07, 6.45) is 2.36. The largest absolute Gasteiger partial charge is 0.464 e. The molecule has 4 aliphatic carbocycles. The van der Waals surface area contributed by atoms with Gasteiger partial charge in [-0.1, -0.05) is 6.92 Å². The number of alkyl halides is 3. The van der Waals surface area contributed by atoms with Crippen molar-refractivity contribution in [2.45, 2.75) is 64.3 Å². The van der Waals surface area contributed by atoms with E-state index in [1.54, 1.807) is 0 Å². The van der Waals surface area contributed by atoms with Gasteiger partial charge in [0.1, 0.15) is 12.4 Å². The van der Waals surface area contributed by atoms with E-state index in [4.69, 9.17) is 18.9 Å². The molecule has 5 fully saturated rings. The van der Waals surface area contributed by atoms with Crippen LogP contribution >= 0.6 is 0 Å². The number of nitrogens with zero attached hydrogens (tertiary/aromatic N) is 1. The van der Waals surface area contributed by atoms with Gasteiger partial charge < -0.3 is 18.9 Å². The lowest BCUT2D eigenvalue weighted by atomic mass is 9.50. The van der Waals surface area contributed by atoms with Crippen LogP contribution in [0.5, 0.6) is 5.75 Å². The van der Waals surface area contributed by atoms with Crippen molar-refractivity contribution in [2.24, 2.45) is 23.2 Å². The maximum Gasteiger partial charge on any atom is 0.419 e. The summed E-state index contributed by atoms with van der Waals surface area (Å²) in [7, 11) is 0. The summed E-state index contributed by atoms with van der Waals surface area (Å²) in [6.45, 7) is 5.85. The Balaban J connectivity index is 1.22. The normalized spacial score (nSPS) is 30.3. The van der Waals surface area contributed by atoms with Crippen molar-refractivity contribution in [3.8, 4) is 5.75 Å². The van der Waals surface area contributed by atoms with Crippen LogP contribution in [-0.4, -0.2) is 63.2 Å². The summed E-state index contributed by atoms with van der Waals surface area (Å²) in [6, 6.07) is 3.17. The number of rotatable bonds is 10. The van der Waals surface area contributed by atoms with Crippen LogP contribution in [0, 0.1) is 23.2 Å². The Morgan fingerprint density at radius 3 is 2.35 bits per heavy atom. The standard InChI is InChI=1S/C28H38F3NO5/c1-2-25(36-18-27-15-19-11-20(16-27)13-21(12-19)17-27)37-24-14-22(3-4-23(24)28(29,30)31)26(33)35-10-7-32-5-8-34-9-6-32/h3-4,14,19-21,25H,2,5-13,15-18H2,1H3. The first-order valence-corrected chi connectivity index (χ1v) is 13.7. The average molecular weight is 526 g/mol. The minimum atomic E-state index is -4.62. The van der Waals surface area contributed by atoms with Crippen molar-refractivity contribution in [2.75, 3.05) is 46.1 Å². The topological polar surface area (TPSA) is 57.2 Å². The first-order valence-electron chi connectivity index (χ1n) is 13.7. The molecule has 1 atom stereocenters. The molecule has 206 valence electrons. The number of benzene rings is 1. The molecule has 1 heterocycles. The zero-order valence-electron chi connectivity index (χ0n) is 21.6. The van der Waals surface area contributed by atoms with Gasteiger partial charge in [-0.25, -0.2) is 4.79 Å². The molecule has 9 heteroatoms. The van der Waals surface area contributed by atoms with Crippen molar-refractivity contribution in [3.63, 3.8) is 0 Å². The molecule has 1 saturated heterocycles. The molecule has 0 aromatic heterocycles. The van der Waals surface area contributed by atoms with Gasteiger partial charge in [-0.05, 0) is 79.9 Å². The van der Waals surface area contributed by atoms with Crippen molar-refractivity contribution < 1.29 is 36.9 Å². The highest BCUT2D eigenvalue weighted by Crippen LogP contribution is 2.60. The highest BCUT2D eigenvalue weighted by atomic mass is 19.4. The number of halogens is 3. The Kier molecular flexibility index (Phi) is 8.03. The fraction of sp³-hybridized carbons (Fsp3) is 0.750. The molecule has 6 rings (SSSR count). The summed E-state index contributed by atoms with van der Waals surface area (Å²) in [5.74, 6) is 1.22. The lowest BCUT2D eigenvalue weighted by Crippen LogP contribution is -2.48. The van der Waals surface area contributed by atoms with Crippen LogP contribution in [0.25, 0.3) is 0 Å². The third kappa shape index (κ3) is 6.42. The van der Waals surface area contributed by atoms with Crippen molar-refractivity contribution in [1.29, 1.82) is 0 Å². The quantitative estimate of drug-likeness (QED) is 0.295. The van der Waals surface area contributed by atoms with Crippen LogP contribution in [0.3, 0.4) is 0 Å². The third-order valence-corrected chi connectivity index (χ3v) is 8.60. The van der Waals surface area contributed by atoms with Gasteiger partial charge in [-0.2, -0.15) is 13.2 Å². The molecule has 1 unspecified atom stereocenters. The maximum absolute atomic E-state index is 13.8. The van der Waals surface area contributed by atoms with Gasteiger partial charge in [-0.3, -0.25) is 4.90 Å². The molecule has 0 amide bonds. The molecule has 6 nitrogen and oxygen atoms in total. The van der Waals surface area contributed by atoms with Gasteiger partial charge in [0.25, 0.3) is 0 Å². The fourth-order valence-corrected chi connectivity index (χ4v) is 7.27. The second kappa shape index (κ2) is 11.1. The van der Waals surface area contributed by atoms with Crippen LogP contribution in [0.15, 0.2) is 18.2 Å². The predicted molar refractivity (Wildman–Crippen MR) is 130 cm³/mol. The molecule has 0 radical (unpaired) electrons. The summed E-state index contributed by atoms with van der Waals surface area (Å²) in [5.41, 5.74) is -0.764. The van der Waals surface area contributed by atoms with Gasteiger partial charge in [0, 0.05) is 26.1 Å². The highest BCUT2D eigenvalue weighted by Gasteiger charge is 2.51. The van der Waals surface area contributed by atoms with Crippen LogP contribution in [0.2, 0.25) is 0 Å². The molecule has 37 heavy (non-hydrogen) atoms. The van der Waals surface area contributed by atoms with E-state index in [2.05, 4.69) is 4.90 Å². The van der Waals surface area contributed by atoms with Gasteiger partial charge in [0.15, 0.2) is 6.29 Å². The smallest absolute Gasteiger partial charge is 0.419 e. The lowest BCUT2D eigenvalue weighted by Gasteiger charge is -2.56. The van der Waals surface area contributed by atoms with E-state index in [0.29, 0.717) is 32.8 Å². The minimum absolute atomic E-state index is 0.0286. The second-order valence-electron chi connectivity index (χ2n) is 11.5. The van der Waals surface area contributed by atoms with E-state index in [9.17, 15) is 18.0 Å². The number of ether oxygens (including phenoxy) is 4. The second-order valence-corrected chi connectivity index (χ2v) is 11.5. The monoisotopic (exact) mass is 525 g/mol. The zero-order valence-corrected chi connectivity index (χ0v) is 21.6. The first kappa shape index (κ1) is 26.8. The van der Waals surface area contributed by atoms with E-state index in [1.165, 1.54) is 19.3 Å². The van der Waals surface area contributed by atoms with E-state index in [0.717, 1.165) is 68.3 Å². The lowest BCUT2D eigenvalue weighted by molar-refractivity contribution is -0.160. The fourth-order valence-electron chi connectivity index (χ4n) is 7.27. The predicted octanol–water partition coefficient (Wildman–Crippen LogP) is 5.54. The molecule has 0 spiro atoms. The number of esters is 1. The van der Waals surface area contributed by atoms with Crippen molar-refractivity contribution >= 4 is 5.97 Å². The summed E-state index contributed by atoms with van der Waals surface area (Å²) in [5, 5.41) is 0. The number of carbonyl (C=O) groups is 1. The van der Waals surface area contributed by atoms with Crippen LogP contribution in [-0.2, 0) is 20.4 Å². The number of hydrogen-bond acceptors (Lipinski definition) is 6. The van der Waals surface area contributed by atoms with Crippen LogP contribution in [0.4, 0.5) is 13.2 Å². The minimum Gasteiger partial charge on any atom is -0.464 e. The summed E-state index contributed by atoms with van der Waals surface area (Å²) < 4.78 is 63.9. The molecule has 1 aromatic rings. The molecule has 5 aliphatic rings. The zero-order chi connectivity index (χ0) is 26.0. The number of hydrogen-bond donors (Lipinski definition) is 0. The Morgan fingerprint density at radius 1 is 1.11 bits per heavy atom. The summed E-state index contributed by atoms with van der Waals surface area (Å²) >= 11 is 0. The Labute approximate surface area is 216 Å². The SMILES string of the molecule is CCC(OCC12CC3CC(CC(C3)C1)C2)Oc1cc(C(=O)OCCN2CCOCC2)ccc1C(F)(F)F. The number of morpholine rings is 1. The Morgan fingerprint density at radius 2 is 1.76 bits per heavy atom. The van der Waals surface area contributed by atoms with Crippen molar-refractivity contribution in [1.82, 2.24) is 4.90 Å². The van der Waals surface area contributed by atoms with Crippen molar-refractivity contribution in [3.05, 3.63) is 29.3 Å². The van der Waals surface area contributed by atoms with Gasteiger partial charge in [0.2, 0.25) is 0 Å². The molecule has 0 N–H and O–H groups in total. The molecular weight excluding hydrogens is 487 g/mol. The van der Waals surface area contributed by atoms with E-state index in [1.807, 2.05) is 6.92 Å². The highest BCUT2D eigenvalue weighted by molar-refractivity contribution is 5.90. The van der Waals surface area contributed by atoms with Gasteiger partial charge in [-0.15, -0.1) is 0 Å². The Bertz CT molecular complexity index is 911.